The average Bonchev–Trinajstić information content (AvgIpc) is 3.06. The Balaban J connectivity index is 1.86. The number of carbonyl (C=O) groups excluding carboxylic acids is 3. The smallest absolute Gasteiger partial charge is 0.329 e. The van der Waals surface area contributed by atoms with Crippen molar-refractivity contribution in [3.05, 3.63) is 70.5 Å². The lowest BCUT2D eigenvalue weighted by Gasteiger charge is -2.14. The molecule has 1 aliphatic carbocycles. The van der Waals surface area contributed by atoms with Gasteiger partial charge in [-0.05, 0) is 94.0 Å². The second kappa shape index (κ2) is 11.7. The van der Waals surface area contributed by atoms with Gasteiger partial charge in [-0.1, -0.05) is 17.8 Å². The Labute approximate surface area is 211 Å². The largest absolute Gasteiger partial charge is 0.612 e. The molecule has 1 N–H and O–H groups in total. The summed E-state index contributed by atoms with van der Waals surface area (Å²) in [5, 5.41) is 2.26. The van der Waals surface area contributed by atoms with Gasteiger partial charge in [0.05, 0.1) is 7.11 Å². The molecule has 1 unspecified atom stereocenters. The molecule has 0 aromatic heterocycles. The molecule has 9 heteroatoms. The second-order valence-corrected chi connectivity index (χ2v) is 10.5. The van der Waals surface area contributed by atoms with Crippen molar-refractivity contribution >= 4 is 57.2 Å². The van der Waals surface area contributed by atoms with Crippen LogP contribution >= 0.6 is 11.8 Å². The highest BCUT2D eigenvalue weighted by Crippen LogP contribution is 2.44. The number of allylic oxidation sites excluding steroid dienone is 3. The fourth-order valence-corrected chi connectivity index (χ4v) is 5.17. The number of esters is 1. The van der Waals surface area contributed by atoms with E-state index in [0.717, 1.165) is 38.9 Å². The lowest BCUT2D eigenvalue weighted by atomic mass is 10.0. The van der Waals surface area contributed by atoms with Crippen LogP contribution in [0, 0.1) is 5.82 Å². The number of halogens is 1. The maximum Gasteiger partial charge on any atom is 0.329 e. The normalized spacial score (nSPS) is 15.5. The van der Waals surface area contributed by atoms with E-state index in [2.05, 4.69) is 5.32 Å². The zero-order chi connectivity index (χ0) is 25.7. The number of hydrogen-bond acceptors (Lipinski definition) is 6. The summed E-state index contributed by atoms with van der Waals surface area (Å²) < 4.78 is 30.5. The summed E-state index contributed by atoms with van der Waals surface area (Å²) in [6.07, 6.45) is 3.61. The monoisotopic (exact) mass is 515 g/mol. The van der Waals surface area contributed by atoms with E-state index >= 15 is 0 Å². The average molecular weight is 516 g/mol. The number of hydrogen-bond donors (Lipinski definition) is 1. The van der Waals surface area contributed by atoms with E-state index in [1.807, 2.05) is 25.1 Å². The molecule has 0 saturated heterocycles. The van der Waals surface area contributed by atoms with E-state index in [1.54, 1.807) is 24.5 Å². The lowest BCUT2D eigenvalue weighted by molar-refractivity contribution is -0.144. The van der Waals surface area contributed by atoms with Crippen LogP contribution in [0.25, 0.3) is 17.2 Å². The molecule has 3 rings (SSSR count). The Bertz CT molecular complexity index is 1200. The number of nitrogens with one attached hydrogen (secondary N) is 1. The van der Waals surface area contributed by atoms with Crippen molar-refractivity contribution in [1.82, 2.24) is 5.32 Å². The Morgan fingerprint density at radius 3 is 2.46 bits per heavy atom. The first-order chi connectivity index (χ1) is 16.6. The number of fused-ring (bicyclic) bond motifs is 1. The van der Waals surface area contributed by atoms with Gasteiger partial charge in [-0.3, -0.25) is 9.59 Å². The highest BCUT2D eigenvalue weighted by Gasteiger charge is 2.27. The molecule has 0 bridgehead atoms. The Morgan fingerprint density at radius 1 is 1.17 bits per heavy atom. The third-order valence-electron chi connectivity index (χ3n) is 5.57. The standard InChI is InChI=1S/C26H26FNO5S2/c1-15-21(11-17-5-8-19(9-6-17)35(4)32)20-10-7-18(27)12-23(20)22(15)13-25(30)34-14-24(26(31)33-3)28-16(2)29/h5-12,24H,13-14H2,1-4H3,(H,28,29)/b21-11-/t24-,35?/m0/s1. The van der Waals surface area contributed by atoms with Crippen LogP contribution in [-0.2, 0) is 30.3 Å². The molecule has 0 saturated carbocycles. The molecule has 0 fully saturated rings. The quantitative estimate of drug-likeness (QED) is 0.418. The number of methoxy groups -OCH3 is 1. The molecular weight excluding hydrogens is 489 g/mol. The molecule has 184 valence electrons. The molecule has 1 amide bonds. The van der Waals surface area contributed by atoms with Gasteiger partial charge in [0.1, 0.15) is 18.1 Å². The molecule has 2 aromatic carbocycles. The number of ether oxygens (including phenoxy) is 1. The molecule has 0 heterocycles. The summed E-state index contributed by atoms with van der Waals surface area (Å²) in [5.74, 6) is -1.41. The number of thioether (sulfide) groups is 1. The predicted octanol–water partition coefficient (Wildman–Crippen LogP) is 4.22. The molecule has 6 nitrogen and oxygen atoms in total. The molecule has 2 atom stereocenters. The first kappa shape index (κ1) is 26.7. The van der Waals surface area contributed by atoms with Gasteiger partial charge in [0.25, 0.3) is 0 Å². The van der Waals surface area contributed by atoms with E-state index in [1.165, 1.54) is 26.2 Å². The molecule has 0 spiro atoms. The highest BCUT2D eigenvalue weighted by atomic mass is 32.2. The minimum atomic E-state index is -1.08. The fourth-order valence-electron chi connectivity index (χ4n) is 3.83. The number of carbonyl (C=O) groups is 3. The van der Waals surface area contributed by atoms with Crippen molar-refractivity contribution in [3.8, 4) is 0 Å². The topological polar surface area (TPSA) is 95.5 Å². The Morgan fingerprint density at radius 2 is 1.86 bits per heavy atom. The van der Waals surface area contributed by atoms with E-state index in [9.17, 15) is 23.3 Å². The van der Waals surface area contributed by atoms with Gasteiger partial charge in [0.2, 0.25) is 5.91 Å². The summed E-state index contributed by atoms with van der Waals surface area (Å²) in [6, 6.07) is 10.9. The number of amides is 1. The van der Waals surface area contributed by atoms with Gasteiger partial charge in [-0.15, -0.1) is 0 Å². The van der Waals surface area contributed by atoms with Crippen LogP contribution in [0.15, 0.2) is 52.9 Å². The maximum atomic E-state index is 14.1. The van der Waals surface area contributed by atoms with E-state index in [-0.39, 0.29) is 17.3 Å². The van der Waals surface area contributed by atoms with Crippen LogP contribution in [0.5, 0.6) is 0 Å². The third-order valence-corrected chi connectivity index (χ3v) is 7.47. The minimum Gasteiger partial charge on any atom is -0.612 e. The van der Waals surface area contributed by atoms with Gasteiger partial charge < -0.3 is 14.6 Å². The van der Waals surface area contributed by atoms with Crippen LogP contribution in [0.4, 0.5) is 4.39 Å². The van der Waals surface area contributed by atoms with Crippen molar-refractivity contribution in [2.24, 2.45) is 0 Å². The van der Waals surface area contributed by atoms with Crippen LogP contribution < -0.4 is 5.32 Å². The number of benzene rings is 2. The second-order valence-electron chi connectivity index (χ2n) is 8.01. The molecule has 0 aliphatic heterocycles. The molecule has 0 radical (unpaired) electrons. The fraction of sp³-hybridized carbons (Fsp3) is 0.269. The number of rotatable bonds is 8. The van der Waals surface area contributed by atoms with Crippen LogP contribution in [0.1, 0.15) is 37.0 Å². The van der Waals surface area contributed by atoms with Gasteiger partial charge >= 0.3 is 5.97 Å². The molecule has 1 aliphatic rings. The Kier molecular flexibility index (Phi) is 8.93. The molecular formula is C26H26FNO5S2. The predicted molar refractivity (Wildman–Crippen MR) is 137 cm³/mol. The van der Waals surface area contributed by atoms with Gasteiger partial charge in [-0.2, -0.15) is 0 Å². The SMILES string of the molecule is COC(=O)[C@H](CSC(=O)CC1=C(C)/C(=C/c2ccc([S+](C)[O-])cc2)c2ccc(F)cc21)NC(C)=O. The van der Waals surface area contributed by atoms with Crippen molar-refractivity contribution < 1.29 is 28.1 Å². The van der Waals surface area contributed by atoms with Crippen molar-refractivity contribution in [3.63, 3.8) is 0 Å². The summed E-state index contributed by atoms with van der Waals surface area (Å²) in [7, 11) is 1.21. The van der Waals surface area contributed by atoms with Crippen LogP contribution in [-0.4, -0.2) is 46.7 Å². The first-order valence-corrected chi connectivity index (χ1v) is 13.3. The summed E-state index contributed by atoms with van der Waals surface area (Å²) >= 11 is -0.159. The van der Waals surface area contributed by atoms with E-state index < -0.39 is 34.9 Å². The van der Waals surface area contributed by atoms with Crippen LogP contribution in [0.2, 0.25) is 0 Å². The van der Waals surface area contributed by atoms with Crippen molar-refractivity contribution in [2.45, 2.75) is 31.2 Å². The summed E-state index contributed by atoms with van der Waals surface area (Å²) in [4.78, 5) is 36.8. The van der Waals surface area contributed by atoms with E-state index in [0.29, 0.717) is 11.1 Å². The van der Waals surface area contributed by atoms with Gasteiger partial charge in [0.15, 0.2) is 10.0 Å². The summed E-state index contributed by atoms with van der Waals surface area (Å²) in [5.41, 5.74) is 4.81. The maximum absolute atomic E-state index is 14.1. The van der Waals surface area contributed by atoms with Crippen molar-refractivity contribution in [1.29, 1.82) is 0 Å². The van der Waals surface area contributed by atoms with Crippen LogP contribution in [0.3, 0.4) is 0 Å². The Hall–Kier alpha value is -2.88. The lowest BCUT2D eigenvalue weighted by Crippen LogP contribution is -2.42. The van der Waals surface area contributed by atoms with Crippen molar-refractivity contribution in [2.75, 3.05) is 19.1 Å². The van der Waals surface area contributed by atoms with E-state index in [4.69, 9.17) is 4.74 Å². The van der Waals surface area contributed by atoms with Gasteiger partial charge in [-0.25, -0.2) is 9.18 Å². The zero-order valence-corrected chi connectivity index (χ0v) is 21.5. The third kappa shape index (κ3) is 6.62. The zero-order valence-electron chi connectivity index (χ0n) is 19.8. The molecule has 2 aromatic rings. The summed E-state index contributed by atoms with van der Waals surface area (Å²) in [6.45, 7) is 3.17. The molecule has 35 heavy (non-hydrogen) atoms. The van der Waals surface area contributed by atoms with Gasteiger partial charge in [0, 0.05) is 19.1 Å². The highest BCUT2D eigenvalue weighted by molar-refractivity contribution is 8.13. The minimum absolute atomic E-state index is 0.0290. The first-order valence-electron chi connectivity index (χ1n) is 10.8.